The predicted octanol–water partition coefficient (Wildman–Crippen LogP) is 1.93. The second kappa shape index (κ2) is 3.83. The lowest BCUT2D eigenvalue weighted by atomic mass is 11.0. The summed E-state index contributed by atoms with van der Waals surface area (Å²) in [6, 6.07) is 0. The SMILES string of the molecule is C=[PH](C)SCC. The molecular formula is C4H11PS. The summed E-state index contributed by atoms with van der Waals surface area (Å²) in [5.41, 5.74) is 0. The molecule has 0 N–H and O–H groups in total. The predicted molar refractivity (Wildman–Crippen MR) is 39.5 cm³/mol. The summed E-state index contributed by atoms with van der Waals surface area (Å²) in [5, 5.41) is 0. The lowest BCUT2D eigenvalue weighted by molar-refractivity contribution is 1.54. The molecule has 0 aromatic rings. The van der Waals surface area contributed by atoms with Gasteiger partial charge in [0.25, 0.3) is 0 Å². The van der Waals surface area contributed by atoms with E-state index in [0.717, 1.165) is 0 Å². The van der Waals surface area contributed by atoms with Gasteiger partial charge >= 0.3 is 0 Å². The van der Waals surface area contributed by atoms with Gasteiger partial charge in [0.2, 0.25) is 0 Å². The standard InChI is InChI=1S/C4H11PS/c1-4-6-5(2)3/h5H,2,4H2,1,3H3. The normalized spacial score (nSPS) is 14.3. The third kappa shape index (κ3) is 4.65. The summed E-state index contributed by atoms with van der Waals surface area (Å²) in [5.74, 6) is 1.23. The molecule has 0 saturated heterocycles. The molecule has 0 radical (unpaired) electrons. The molecule has 0 bridgehead atoms. The van der Waals surface area contributed by atoms with Gasteiger partial charge in [-0.15, -0.1) is 11.4 Å². The summed E-state index contributed by atoms with van der Waals surface area (Å²) < 4.78 is 0. The van der Waals surface area contributed by atoms with Crippen LogP contribution in [0, 0.1) is 0 Å². The first-order chi connectivity index (χ1) is 2.77. The Hall–Kier alpha value is 0.650. The van der Waals surface area contributed by atoms with Crippen LogP contribution >= 0.6 is 18.1 Å². The van der Waals surface area contributed by atoms with Gasteiger partial charge in [0, 0.05) is 0 Å². The van der Waals surface area contributed by atoms with Crippen molar-refractivity contribution in [3.8, 4) is 0 Å². The van der Waals surface area contributed by atoms with Crippen molar-refractivity contribution in [2.75, 3.05) is 12.4 Å². The van der Waals surface area contributed by atoms with Crippen molar-refractivity contribution in [1.29, 1.82) is 0 Å². The number of rotatable bonds is 2. The van der Waals surface area contributed by atoms with Crippen molar-refractivity contribution >= 4 is 24.4 Å². The Kier molecular flexibility index (Phi) is 4.24. The molecule has 0 aliphatic heterocycles. The van der Waals surface area contributed by atoms with Crippen LogP contribution < -0.4 is 0 Å². The van der Waals surface area contributed by atoms with E-state index < -0.39 is 0 Å². The third-order valence-electron chi connectivity index (χ3n) is 0.391. The molecule has 1 unspecified atom stereocenters. The fraction of sp³-hybridized carbons (Fsp3) is 0.750. The first-order valence-electron chi connectivity index (χ1n) is 2.05. The highest BCUT2D eigenvalue weighted by molar-refractivity contribution is 8.54. The summed E-state index contributed by atoms with van der Waals surface area (Å²) in [7, 11) is 0. The van der Waals surface area contributed by atoms with E-state index in [1.165, 1.54) is 5.75 Å². The molecule has 0 spiro atoms. The van der Waals surface area contributed by atoms with E-state index in [0.29, 0.717) is 0 Å². The average Bonchev–Trinajstić information content (AvgIpc) is 1.35. The second-order valence-corrected chi connectivity index (χ2v) is 6.36. The molecule has 0 amide bonds. The van der Waals surface area contributed by atoms with Crippen LogP contribution in [-0.4, -0.2) is 18.7 Å². The maximum absolute atomic E-state index is 3.89. The van der Waals surface area contributed by atoms with Crippen LogP contribution in [-0.2, 0) is 0 Å². The molecule has 0 heterocycles. The van der Waals surface area contributed by atoms with Crippen molar-refractivity contribution in [1.82, 2.24) is 0 Å². The van der Waals surface area contributed by atoms with E-state index in [2.05, 4.69) is 19.9 Å². The van der Waals surface area contributed by atoms with Gasteiger partial charge in [0.05, 0.1) is 0 Å². The van der Waals surface area contributed by atoms with Crippen molar-refractivity contribution < 1.29 is 0 Å². The van der Waals surface area contributed by atoms with Gasteiger partial charge in [-0.3, -0.25) is 0 Å². The topological polar surface area (TPSA) is 0 Å². The smallest absolute Gasteiger partial charge is 0.00576 e. The molecule has 0 rings (SSSR count). The maximum atomic E-state index is 3.89. The van der Waals surface area contributed by atoms with E-state index in [1.807, 2.05) is 11.4 Å². The quantitative estimate of drug-likeness (QED) is 0.504. The number of hydrogen-bond donors (Lipinski definition) is 0. The monoisotopic (exact) mass is 122 g/mol. The molecule has 0 aromatic carbocycles. The highest BCUT2D eigenvalue weighted by Gasteiger charge is 1.74. The zero-order chi connectivity index (χ0) is 4.99. The van der Waals surface area contributed by atoms with Crippen LogP contribution in [0.3, 0.4) is 0 Å². The van der Waals surface area contributed by atoms with Crippen molar-refractivity contribution in [3.05, 3.63) is 0 Å². The Morgan fingerprint density at radius 1 is 1.83 bits per heavy atom. The van der Waals surface area contributed by atoms with Crippen molar-refractivity contribution in [2.24, 2.45) is 0 Å². The van der Waals surface area contributed by atoms with Gasteiger partial charge in [-0.1, -0.05) is 20.0 Å². The van der Waals surface area contributed by atoms with Crippen molar-refractivity contribution in [3.63, 3.8) is 0 Å². The lowest BCUT2D eigenvalue weighted by Gasteiger charge is -1.89. The Balaban J connectivity index is 2.83. The summed E-state index contributed by atoms with van der Waals surface area (Å²) >= 11 is 1.98. The first-order valence-corrected chi connectivity index (χ1v) is 5.97. The maximum Gasteiger partial charge on any atom is -0.00576 e. The van der Waals surface area contributed by atoms with Gasteiger partial charge in [0.15, 0.2) is 0 Å². The molecule has 6 heavy (non-hydrogen) atoms. The van der Waals surface area contributed by atoms with Crippen LogP contribution in [0.5, 0.6) is 0 Å². The van der Waals surface area contributed by atoms with Crippen LogP contribution in [0.4, 0.5) is 0 Å². The summed E-state index contributed by atoms with van der Waals surface area (Å²) in [6.07, 6.45) is 3.89. The Bertz CT molecular complexity index is 51.5. The second-order valence-electron chi connectivity index (χ2n) is 1.14. The Morgan fingerprint density at radius 3 is 2.33 bits per heavy atom. The van der Waals surface area contributed by atoms with Crippen LogP contribution in [0.2, 0.25) is 0 Å². The summed E-state index contributed by atoms with van der Waals surface area (Å²) in [6.45, 7) is 4.16. The first kappa shape index (κ1) is 6.65. The Morgan fingerprint density at radius 2 is 2.33 bits per heavy atom. The molecule has 0 fully saturated rings. The molecule has 0 aromatic heterocycles. The zero-order valence-corrected chi connectivity index (χ0v) is 6.14. The lowest BCUT2D eigenvalue weighted by Crippen LogP contribution is -1.53. The molecule has 2 heteroatoms. The molecule has 1 atom stereocenters. The van der Waals surface area contributed by atoms with E-state index in [-0.39, 0.29) is 6.75 Å². The molecule has 0 nitrogen and oxygen atoms in total. The van der Waals surface area contributed by atoms with Gasteiger partial charge in [0.1, 0.15) is 0 Å². The van der Waals surface area contributed by atoms with Gasteiger partial charge < -0.3 is 0 Å². The molecule has 0 aliphatic carbocycles. The van der Waals surface area contributed by atoms with E-state index in [1.54, 1.807) is 0 Å². The van der Waals surface area contributed by atoms with E-state index in [4.69, 9.17) is 0 Å². The van der Waals surface area contributed by atoms with Gasteiger partial charge in [-0.05, 0) is 12.4 Å². The molecule has 0 saturated carbocycles. The molecule has 38 valence electrons. The largest absolute Gasteiger partial charge is 0.139 e. The van der Waals surface area contributed by atoms with E-state index >= 15 is 0 Å². The van der Waals surface area contributed by atoms with Gasteiger partial charge in [-0.2, -0.15) is 0 Å². The van der Waals surface area contributed by atoms with Crippen LogP contribution in [0.1, 0.15) is 6.92 Å². The average molecular weight is 122 g/mol. The highest BCUT2D eigenvalue weighted by Crippen LogP contribution is 2.31. The van der Waals surface area contributed by atoms with Crippen LogP contribution in [0.15, 0.2) is 0 Å². The Labute approximate surface area is 44.5 Å². The minimum atomic E-state index is -0.219. The molecule has 0 aliphatic rings. The third-order valence-corrected chi connectivity index (χ3v) is 3.52. The highest BCUT2D eigenvalue weighted by atomic mass is 32.7. The fourth-order valence-electron chi connectivity index (χ4n) is 0.246. The molecular weight excluding hydrogens is 111 g/mol. The van der Waals surface area contributed by atoms with Crippen LogP contribution in [0.25, 0.3) is 0 Å². The zero-order valence-electron chi connectivity index (χ0n) is 4.32. The fourth-order valence-corrected chi connectivity index (χ4v) is 2.22. The van der Waals surface area contributed by atoms with Crippen molar-refractivity contribution in [2.45, 2.75) is 6.92 Å². The van der Waals surface area contributed by atoms with E-state index in [9.17, 15) is 0 Å². The summed E-state index contributed by atoms with van der Waals surface area (Å²) in [4.78, 5) is 0. The number of hydrogen-bond acceptors (Lipinski definition) is 1. The van der Waals surface area contributed by atoms with Gasteiger partial charge in [-0.25, -0.2) is 0 Å². The minimum Gasteiger partial charge on any atom is -0.139 e. The minimum absolute atomic E-state index is 0.219.